The average Bonchev–Trinajstić information content (AvgIpc) is 2.35. The topological polar surface area (TPSA) is 103 Å². The van der Waals surface area contributed by atoms with Gasteiger partial charge in [-0.1, -0.05) is 13.3 Å². The summed E-state index contributed by atoms with van der Waals surface area (Å²) < 4.78 is 5.39. The summed E-state index contributed by atoms with van der Waals surface area (Å²) in [6.07, 6.45) is 3.60. The monoisotopic (exact) mass is 252 g/mol. The van der Waals surface area contributed by atoms with Gasteiger partial charge in [0.25, 0.3) is 5.91 Å². The van der Waals surface area contributed by atoms with Crippen LogP contribution in [0.3, 0.4) is 0 Å². The maximum atomic E-state index is 11.1. The molecule has 0 spiro atoms. The standard InChI is InChI=1S/C12H20N4O2/c1-2-3-5-18-6-4-15-11-7-9(12(14)17)10(13)8-16-11/h7-8H,2-6,13H2,1H3,(H2,14,17)(H,15,16). The Labute approximate surface area is 107 Å². The van der Waals surface area contributed by atoms with Gasteiger partial charge in [-0.05, 0) is 12.5 Å². The Bertz CT molecular complexity index is 396. The van der Waals surface area contributed by atoms with Crippen LogP contribution in [0.25, 0.3) is 0 Å². The molecule has 6 nitrogen and oxygen atoms in total. The number of nitrogen functional groups attached to an aromatic ring is 1. The average molecular weight is 252 g/mol. The Kier molecular flexibility index (Phi) is 5.93. The molecule has 1 aromatic rings. The van der Waals surface area contributed by atoms with Crippen molar-refractivity contribution in [2.45, 2.75) is 19.8 Å². The van der Waals surface area contributed by atoms with Gasteiger partial charge in [0.1, 0.15) is 5.82 Å². The molecule has 0 atom stereocenters. The van der Waals surface area contributed by atoms with Crippen LogP contribution < -0.4 is 16.8 Å². The highest BCUT2D eigenvalue weighted by Crippen LogP contribution is 2.13. The van der Waals surface area contributed by atoms with E-state index in [0.29, 0.717) is 19.0 Å². The molecular weight excluding hydrogens is 232 g/mol. The molecule has 5 N–H and O–H groups in total. The second-order valence-corrected chi connectivity index (χ2v) is 3.91. The summed E-state index contributed by atoms with van der Waals surface area (Å²) in [5.74, 6) is 0.00855. The first-order chi connectivity index (χ1) is 8.65. The van der Waals surface area contributed by atoms with E-state index in [1.165, 1.54) is 6.20 Å². The van der Waals surface area contributed by atoms with Crippen molar-refractivity contribution in [3.05, 3.63) is 17.8 Å². The van der Waals surface area contributed by atoms with Crippen LogP contribution in [0, 0.1) is 0 Å². The number of amides is 1. The van der Waals surface area contributed by atoms with Crippen molar-refractivity contribution in [3.8, 4) is 0 Å². The molecule has 100 valence electrons. The second kappa shape index (κ2) is 7.50. The Balaban J connectivity index is 2.38. The number of aromatic nitrogens is 1. The Morgan fingerprint density at radius 2 is 2.28 bits per heavy atom. The zero-order valence-corrected chi connectivity index (χ0v) is 10.6. The van der Waals surface area contributed by atoms with Crippen LogP contribution in [-0.2, 0) is 4.74 Å². The van der Waals surface area contributed by atoms with Crippen molar-refractivity contribution in [3.63, 3.8) is 0 Å². The normalized spacial score (nSPS) is 10.3. The van der Waals surface area contributed by atoms with E-state index in [2.05, 4.69) is 17.2 Å². The molecule has 0 unspecified atom stereocenters. The lowest BCUT2D eigenvalue weighted by Gasteiger charge is -2.08. The largest absolute Gasteiger partial charge is 0.397 e. The van der Waals surface area contributed by atoms with E-state index in [1.54, 1.807) is 6.07 Å². The highest BCUT2D eigenvalue weighted by molar-refractivity contribution is 5.98. The molecule has 0 aromatic carbocycles. The molecule has 0 saturated heterocycles. The van der Waals surface area contributed by atoms with Gasteiger partial charge in [-0.25, -0.2) is 4.98 Å². The van der Waals surface area contributed by atoms with Crippen LogP contribution in [0.4, 0.5) is 11.5 Å². The van der Waals surface area contributed by atoms with E-state index in [-0.39, 0.29) is 11.3 Å². The number of carbonyl (C=O) groups excluding carboxylic acids is 1. The molecule has 18 heavy (non-hydrogen) atoms. The van der Waals surface area contributed by atoms with Gasteiger partial charge in [0.05, 0.1) is 24.1 Å². The third-order valence-electron chi connectivity index (χ3n) is 2.39. The third kappa shape index (κ3) is 4.58. The summed E-state index contributed by atoms with van der Waals surface area (Å²) in [5, 5.41) is 3.04. The third-order valence-corrected chi connectivity index (χ3v) is 2.39. The highest BCUT2D eigenvalue weighted by Gasteiger charge is 2.07. The number of ether oxygens (including phenoxy) is 1. The second-order valence-electron chi connectivity index (χ2n) is 3.91. The first-order valence-corrected chi connectivity index (χ1v) is 6.02. The predicted molar refractivity (Wildman–Crippen MR) is 71.4 cm³/mol. The molecule has 1 heterocycles. The zero-order valence-electron chi connectivity index (χ0n) is 10.6. The van der Waals surface area contributed by atoms with Gasteiger partial charge in [-0.3, -0.25) is 4.79 Å². The molecule has 0 bridgehead atoms. The van der Waals surface area contributed by atoms with Gasteiger partial charge >= 0.3 is 0 Å². The number of hydrogen-bond acceptors (Lipinski definition) is 5. The van der Waals surface area contributed by atoms with E-state index in [4.69, 9.17) is 16.2 Å². The Morgan fingerprint density at radius 3 is 2.94 bits per heavy atom. The SMILES string of the molecule is CCCCOCCNc1cc(C(N)=O)c(N)cn1. The summed E-state index contributed by atoms with van der Waals surface area (Å²) in [7, 11) is 0. The first-order valence-electron chi connectivity index (χ1n) is 6.02. The van der Waals surface area contributed by atoms with Crippen LogP contribution in [0.15, 0.2) is 12.3 Å². The number of anilines is 2. The number of primary amides is 1. The van der Waals surface area contributed by atoms with E-state index < -0.39 is 5.91 Å². The van der Waals surface area contributed by atoms with E-state index >= 15 is 0 Å². The summed E-state index contributed by atoms with van der Waals surface area (Å²) in [4.78, 5) is 15.1. The van der Waals surface area contributed by atoms with Crippen molar-refractivity contribution in [1.82, 2.24) is 4.98 Å². The van der Waals surface area contributed by atoms with Crippen LogP contribution in [-0.4, -0.2) is 30.6 Å². The zero-order chi connectivity index (χ0) is 13.4. The predicted octanol–water partition coefficient (Wildman–Crippen LogP) is 0.991. The smallest absolute Gasteiger partial charge is 0.250 e. The number of hydrogen-bond donors (Lipinski definition) is 3. The molecule has 0 saturated carbocycles. The number of nitrogens with one attached hydrogen (secondary N) is 1. The molecule has 0 radical (unpaired) electrons. The number of rotatable bonds is 8. The van der Waals surface area contributed by atoms with E-state index in [0.717, 1.165) is 19.4 Å². The van der Waals surface area contributed by atoms with E-state index in [1.807, 2.05) is 0 Å². The molecule has 1 amide bonds. The Morgan fingerprint density at radius 1 is 1.50 bits per heavy atom. The summed E-state index contributed by atoms with van der Waals surface area (Å²) in [6, 6.07) is 1.55. The van der Waals surface area contributed by atoms with Crippen molar-refractivity contribution in [2.24, 2.45) is 5.73 Å². The van der Waals surface area contributed by atoms with Crippen LogP contribution in [0.2, 0.25) is 0 Å². The molecule has 6 heteroatoms. The van der Waals surface area contributed by atoms with Gasteiger partial charge in [0.2, 0.25) is 0 Å². The summed E-state index contributed by atoms with van der Waals surface area (Å²) >= 11 is 0. The van der Waals surface area contributed by atoms with Gasteiger partial charge in [-0.15, -0.1) is 0 Å². The summed E-state index contributed by atoms with van der Waals surface area (Å²) in [5.41, 5.74) is 11.3. The minimum absolute atomic E-state index is 0.277. The first kappa shape index (κ1) is 14.2. The fourth-order valence-corrected chi connectivity index (χ4v) is 1.38. The van der Waals surface area contributed by atoms with E-state index in [9.17, 15) is 4.79 Å². The number of carbonyl (C=O) groups is 1. The maximum Gasteiger partial charge on any atom is 0.250 e. The quantitative estimate of drug-likeness (QED) is 0.599. The number of nitrogens with zero attached hydrogens (tertiary/aromatic N) is 1. The van der Waals surface area contributed by atoms with Crippen LogP contribution >= 0.6 is 0 Å². The minimum Gasteiger partial charge on any atom is -0.397 e. The van der Waals surface area contributed by atoms with Crippen molar-refractivity contribution in [1.29, 1.82) is 0 Å². The van der Waals surface area contributed by atoms with Crippen molar-refractivity contribution < 1.29 is 9.53 Å². The highest BCUT2D eigenvalue weighted by atomic mass is 16.5. The molecule has 0 aliphatic heterocycles. The van der Waals surface area contributed by atoms with Gasteiger partial charge < -0.3 is 21.5 Å². The maximum absolute atomic E-state index is 11.1. The molecule has 0 fully saturated rings. The fourth-order valence-electron chi connectivity index (χ4n) is 1.38. The minimum atomic E-state index is -0.558. The van der Waals surface area contributed by atoms with Crippen LogP contribution in [0.1, 0.15) is 30.1 Å². The molecule has 0 aliphatic carbocycles. The summed E-state index contributed by atoms with van der Waals surface area (Å²) in [6.45, 7) is 4.10. The van der Waals surface area contributed by atoms with Crippen LogP contribution in [0.5, 0.6) is 0 Å². The molecule has 0 aliphatic rings. The molecular formula is C12H20N4O2. The number of unbranched alkanes of at least 4 members (excludes halogenated alkanes) is 1. The van der Waals surface area contributed by atoms with Crippen molar-refractivity contribution in [2.75, 3.05) is 30.8 Å². The lowest BCUT2D eigenvalue weighted by molar-refractivity contribution is 0.100. The fraction of sp³-hybridized carbons (Fsp3) is 0.500. The van der Waals surface area contributed by atoms with Gasteiger partial charge in [0.15, 0.2) is 0 Å². The van der Waals surface area contributed by atoms with Crippen molar-refractivity contribution >= 4 is 17.4 Å². The molecule has 1 rings (SSSR count). The van der Waals surface area contributed by atoms with Gasteiger partial charge in [0, 0.05) is 13.2 Å². The van der Waals surface area contributed by atoms with Gasteiger partial charge in [-0.2, -0.15) is 0 Å². The lowest BCUT2D eigenvalue weighted by atomic mass is 10.2. The number of pyridine rings is 1. The Hall–Kier alpha value is -1.82. The lowest BCUT2D eigenvalue weighted by Crippen LogP contribution is -2.16. The number of nitrogens with two attached hydrogens (primary N) is 2. The molecule has 1 aromatic heterocycles.